The number of nitrogens with zero attached hydrogens (tertiary/aromatic N) is 3. The van der Waals surface area contributed by atoms with Gasteiger partial charge in [0.15, 0.2) is 5.69 Å². The number of nitrogens with one attached hydrogen (secondary N) is 1. The van der Waals surface area contributed by atoms with Crippen LogP contribution in [-0.4, -0.2) is 45.8 Å². The summed E-state index contributed by atoms with van der Waals surface area (Å²) in [5.41, 5.74) is -1.13. The Morgan fingerprint density at radius 2 is 1.85 bits per heavy atom. The van der Waals surface area contributed by atoms with Crippen molar-refractivity contribution in [2.24, 2.45) is 0 Å². The van der Waals surface area contributed by atoms with Crippen LogP contribution in [0.15, 0.2) is 0 Å². The molecule has 26 heavy (non-hydrogen) atoms. The Bertz CT molecular complexity index is 631. The van der Waals surface area contributed by atoms with E-state index >= 15 is 0 Å². The molecule has 0 radical (unpaired) electrons. The molecule has 0 aromatic carbocycles. The number of hydrogen-bond acceptors (Lipinski definition) is 3. The van der Waals surface area contributed by atoms with Gasteiger partial charge in [-0.3, -0.25) is 9.48 Å². The molecule has 0 unspecified atom stereocenters. The van der Waals surface area contributed by atoms with Crippen molar-refractivity contribution < 1.29 is 18.0 Å². The van der Waals surface area contributed by atoms with Crippen LogP contribution in [0.2, 0.25) is 0 Å². The lowest BCUT2D eigenvalue weighted by atomic mass is 10.0. The molecule has 1 saturated heterocycles. The van der Waals surface area contributed by atoms with Gasteiger partial charge in [-0.15, -0.1) is 0 Å². The number of rotatable bonds is 5. The van der Waals surface area contributed by atoms with E-state index < -0.39 is 17.8 Å². The summed E-state index contributed by atoms with van der Waals surface area (Å²) in [5, 5.41) is 6.48. The average molecular weight is 374 g/mol. The van der Waals surface area contributed by atoms with Crippen molar-refractivity contribution in [1.82, 2.24) is 20.0 Å². The zero-order valence-electron chi connectivity index (χ0n) is 16.2. The maximum atomic E-state index is 13.5. The Kier molecular flexibility index (Phi) is 6.37. The van der Waals surface area contributed by atoms with E-state index in [1.807, 2.05) is 6.92 Å². The molecule has 8 heteroatoms. The van der Waals surface area contributed by atoms with Crippen LogP contribution in [0.4, 0.5) is 13.2 Å². The number of amides is 1. The maximum absolute atomic E-state index is 13.5. The highest BCUT2D eigenvalue weighted by Crippen LogP contribution is 2.35. The molecule has 5 nitrogen and oxygen atoms in total. The van der Waals surface area contributed by atoms with E-state index in [0.717, 1.165) is 25.9 Å². The lowest BCUT2D eigenvalue weighted by molar-refractivity contribution is -0.142. The van der Waals surface area contributed by atoms with Crippen LogP contribution in [0.5, 0.6) is 0 Å². The van der Waals surface area contributed by atoms with Crippen molar-refractivity contribution >= 4 is 5.91 Å². The summed E-state index contributed by atoms with van der Waals surface area (Å²) in [6.45, 7) is 11.1. The predicted molar refractivity (Wildman–Crippen MR) is 94.2 cm³/mol. The van der Waals surface area contributed by atoms with Crippen LogP contribution in [0.25, 0.3) is 0 Å². The number of halogens is 3. The van der Waals surface area contributed by atoms with E-state index in [9.17, 15) is 18.0 Å². The second-order valence-corrected chi connectivity index (χ2v) is 7.39. The van der Waals surface area contributed by atoms with E-state index in [4.69, 9.17) is 0 Å². The van der Waals surface area contributed by atoms with Gasteiger partial charge in [0.05, 0.1) is 11.6 Å². The van der Waals surface area contributed by atoms with E-state index in [-0.39, 0.29) is 17.6 Å². The quantitative estimate of drug-likeness (QED) is 0.853. The summed E-state index contributed by atoms with van der Waals surface area (Å²) >= 11 is 0. The molecule has 0 aliphatic carbocycles. The molecule has 1 aliphatic heterocycles. The molecule has 148 valence electrons. The standard InChI is InChI=1S/C18H29F3N4O/c1-6-12(4)22-17(26)15-13(5)25(23-16(15)18(19,20)21)14-7-9-24(10-8-14)11(2)3/h11-12,14H,6-10H2,1-5H3,(H,22,26)/t12-/m0/s1. The van der Waals surface area contributed by atoms with Gasteiger partial charge in [0.2, 0.25) is 0 Å². The number of carbonyl (C=O) groups excluding carboxylic acids is 1. The minimum absolute atomic E-state index is 0.115. The summed E-state index contributed by atoms with van der Waals surface area (Å²) in [5.74, 6) is -0.699. The molecule has 2 rings (SSSR count). The average Bonchev–Trinajstić information content (AvgIpc) is 2.92. The molecule has 1 N–H and O–H groups in total. The topological polar surface area (TPSA) is 50.2 Å². The largest absolute Gasteiger partial charge is 0.435 e. The zero-order chi connectivity index (χ0) is 19.6. The molecule has 1 aromatic rings. The fraction of sp³-hybridized carbons (Fsp3) is 0.778. The number of likely N-dealkylation sites (tertiary alicyclic amines) is 1. The van der Waals surface area contributed by atoms with Gasteiger partial charge < -0.3 is 10.2 Å². The molecule has 0 bridgehead atoms. The van der Waals surface area contributed by atoms with Gasteiger partial charge in [0.1, 0.15) is 0 Å². The minimum Gasteiger partial charge on any atom is -0.349 e. The van der Waals surface area contributed by atoms with Crippen LogP contribution in [0, 0.1) is 6.92 Å². The normalized spacial score (nSPS) is 18.3. The van der Waals surface area contributed by atoms with Crippen molar-refractivity contribution in [2.45, 2.75) is 78.2 Å². The van der Waals surface area contributed by atoms with Gasteiger partial charge >= 0.3 is 6.18 Å². The summed E-state index contributed by atoms with van der Waals surface area (Å²) in [7, 11) is 0. The summed E-state index contributed by atoms with van der Waals surface area (Å²) in [4.78, 5) is 14.8. The van der Waals surface area contributed by atoms with Crippen LogP contribution < -0.4 is 5.32 Å². The highest BCUT2D eigenvalue weighted by atomic mass is 19.4. The second kappa shape index (κ2) is 7.98. The molecule has 0 saturated carbocycles. The lowest BCUT2D eigenvalue weighted by Crippen LogP contribution is -2.39. The fourth-order valence-electron chi connectivity index (χ4n) is 3.39. The lowest BCUT2D eigenvalue weighted by Gasteiger charge is -2.35. The van der Waals surface area contributed by atoms with Crippen molar-refractivity contribution in [2.75, 3.05) is 13.1 Å². The SMILES string of the molecule is CC[C@H](C)NC(=O)c1c(C(F)(F)F)nn(C2CCN(C(C)C)CC2)c1C. The van der Waals surface area contributed by atoms with Gasteiger partial charge in [-0.25, -0.2) is 0 Å². The van der Waals surface area contributed by atoms with Crippen LogP contribution in [0.3, 0.4) is 0 Å². The van der Waals surface area contributed by atoms with Crippen molar-refractivity contribution in [3.05, 3.63) is 17.0 Å². The van der Waals surface area contributed by atoms with Crippen LogP contribution >= 0.6 is 0 Å². The van der Waals surface area contributed by atoms with Gasteiger partial charge in [-0.2, -0.15) is 18.3 Å². The van der Waals surface area contributed by atoms with Crippen LogP contribution in [0.1, 0.15) is 74.7 Å². The third-order valence-corrected chi connectivity index (χ3v) is 5.21. The summed E-state index contributed by atoms with van der Waals surface area (Å²) in [6.07, 6.45) is -2.56. The van der Waals surface area contributed by atoms with Gasteiger partial charge in [0, 0.05) is 30.9 Å². The number of alkyl halides is 3. The first-order chi connectivity index (χ1) is 12.1. The Hall–Kier alpha value is -1.57. The number of aromatic nitrogens is 2. The molecule has 0 spiro atoms. The van der Waals surface area contributed by atoms with E-state index in [1.54, 1.807) is 13.8 Å². The first-order valence-electron chi connectivity index (χ1n) is 9.27. The third kappa shape index (κ3) is 4.39. The molecule has 1 aliphatic rings. The van der Waals surface area contributed by atoms with E-state index in [1.165, 1.54) is 4.68 Å². The molecule has 2 heterocycles. The minimum atomic E-state index is -4.66. The van der Waals surface area contributed by atoms with Gasteiger partial charge in [-0.1, -0.05) is 6.92 Å². The Balaban J connectivity index is 2.33. The van der Waals surface area contributed by atoms with Crippen LogP contribution in [-0.2, 0) is 6.18 Å². The first kappa shape index (κ1) is 20.7. The van der Waals surface area contributed by atoms with Gasteiger partial charge in [-0.05, 0) is 47.0 Å². The highest BCUT2D eigenvalue weighted by molar-refractivity contribution is 5.96. The number of piperidine rings is 1. The maximum Gasteiger partial charge on any atom is 0.435 e. The molecular formula is C18H29F3N4O. The molecule has 1 atom stereocenters. The Morgan fingerprint density at radius 3 is 2.31 bits per heavy atom. The first-order valence-corrected chi connectivity index (χ1v) is 9.27. The fourth-order valence-corrected chi connectivity index (χ4v) is 3.39. The molecular weight excluding hydrogens is 345 g/mol. The molecule has 1 amide bonds. The molecule has 1 fully saturated rings. The Labute approximate surface area is 152 Å². The second-order valence-electron chi connectivity index (χ2n) is 7.39. The number of carbonyl (C=O) groups is 1. The molecule has 1 aromatic heterocycles. The number of hydrogen-bond donors (Lipinski definition) is 1. The monoisotopic (exact) mass is 374 g/mol. The van der Waals surface area contributed by atoms with Gasteiger partial charge in [0.25, 0.3) is 5.91 Å². The van der Waals surface area contributed by atoms with E-state index in [0.29, 0.717) is 18.2 Å². The third-order valence-electron chi connectivity index (χ3n) is 5.21. The highest BCUT2D eigenvalue weighted by Gasteiger charge is 2.42. The Morgan fingerprint density at radius 1 is 1.27 bits per heavy atom. The zero-order valence-corrected chi connectivity index (χ0v) is 16.2. The van der Waals surface area contributed by atoms with Crippen molar-refractivity contribution in [3.63, 3.8) is 0 Å². The predicted octanol–water partition coefficient (Wildman–Crippen LogP) is 3.78. The summed E-state index contributed by atoms with van der Waals surface area (Å²) < 4.78 is 41.9. The van der Waals surface area contributed by atoms with E-state index in [2.05, 4.69) is 29.2 Å². The van der Waals surface area contributed by atoms with Crippen molar-refractivity contribution in [3.8, 4) is 0 Å². The smallest absolute Gasteiger partial charge is 0.349 e. The summed E-state index contributed by atoms with van der Waals surface area (Å²) in [6, 6.07) is 0.106. The van der Waals surface area contributed by atoms with Crippen molar-refractivity contribution in [1.29, 1.82) is 0 Å².